The van der Waals surface area contributed by atoms with E-state index in [-0.39, 0.29) is 11.8 Å². The molecule has 2 amide bonds. The zero-order valence-electron chi connectivity index (χ0n) is 20.5. The Morgan fingerprint density at radius 3 is 2.64 bits per heavy atom. The SMILES string of the molecule is CCCCCOc1ccc(C(=O)Nc2sc3c(c2-c2nc4ccccc4s2)CCN(C(C)=O)C3)cc1. The second-order valence-corrected chi connectivity index (χ2v) is 11.1. The van der Waals surface area contributed by atoms with Crippen LogP contribution in [-0.4, -0.2) is 34.8 Å². The van der Waals surface area contributed by atoms with E-state index in [2.05, 4.69) is 18.3 Å². The molecule has 2 aromatic heterocycles. The van der Waals surface area contributed by atoms with Crippen LogP contribution in [-0.2, 0) is 17.8 Å². The van der Waals surface area contributed by atoms with Crippen LogP contribution in [0.2, 0.25) is 0 Å². The van der Waals surface area contributed by atoms with Gasteiger partial charge in [0.1, 0.15) is 15.8 Å². The van der Waals surface area contributed by atoms with Gasteiger partial charge in [0.25, 0.3) is 5.91 Å². The van der Waals surface area contributed by atoms with Gasteiger partial charge in [0, 0.05) is 29.5 Å². The van der Waals surface area contributed by atoms with E-state index < -0.39 is 0 Å². The molecule has 0 unspecified atom stereocenters. The molecule has 1 aliphatic heterocycles. The molecule has 0 saturated heterocycles. The molecule has 0 aliphatic carbocycles. The van der Waals surface area contributed by atoms with Crippen molar-refractivity contribution in [3.63, 3.8) is 0 Å². The number of hydrogen-bond acceptors (Lipinski definition) is 6. The minimum atomic E-state index is -0.170. The first-order chi connectivity index (χ1) is 17.5. The van der Waals surface area contributed by atoms with Crippen LogP contribution in [0.15, 0.2) is 48.5 Å². The van der Waals surface area contributed by atoms with Crippen LogP contribution in [0.25, 0.3) is 20.8 Å². The molecular formula is C28H29N3O3S2. The zero-order chi connectivity index (χ0) is 25.1. The number of para-hydroxylation sites is 1. The maximum atomic E-state index is 13.2. The monoisotopic (exact) mass is 519 g/mol. The summed E-state index contributed by atoms with van der Waals surface area (Å²) < 4.78 is 6.89. The van der Waals surface area contributed by atoms with Gasteiger partial charge in [-0.2, -0.15) is 0 Å². The number of carbonyl (C=O) groups is 2. The van der Waals surface area contributed by atoms with E-state index in [1.54, 1.807) is 41.7 Å². The van der Waals surface area contributed by atoms with E-state index in [0.29, 0.717) is 25.3 Å². The fraction of sp³-hybridized carbons (Fsp3) is 0.321. The number of aromatic nitrogens is 1. The highest BCUT2D eigenvalue weighted by molar-refractivity contribution is 7.23. The lowest BCUT2D eigenvalue weighted by Gasteiger charge is -2.26. The van der Waals surface area contributed by atoms with Crippen molar-refractivity contribution in [1.82, 2.24) is 9.88 Å². The number of benzene rings is 2. The predicted molar refractivity (Wildman–Crippen MR) is 147 cm³/mol. The molecule has 2 aromatic carbocycles. The lowest BCUT2D eigenvalue weighted by Crippen LogP contribution is -2.33. The average Bonchev–Trinajstić information content (AvgIpc) is 3.47. The predicted octanol–water partition coefficient (Wildman–Crippen LogP) is 6.75. The van der Waals surface area contributed by atoms with Gasteiger partial charge in [-0.1, -0.05) is 31.9 Å². The molecule has 3 heterocycles. The Labute approximate surface area is 218 Å². The summed E-state index contributed by atoms with van der Waals surface area (Å²) in [6, 6.07) is 15.4. The summed E-state index contributed by atoms with van der Waals surface area (Å²) in [6.45, 7) is 5.69. The minimum Gasteiger partial charge on any atom is -0.494 e. The van der Waals surface area contributed by atoms with Crippen LogP contribution in [0.4, 0.5) is 5.00 Å². The fourth-order valence-corrected chi connectivity index (χ4v) is 6.75. The maximum Gasteiger partial charge on any atom is 0.256 e. The van der Waals surface area contributed by atoms with Gasteiger partial charge < -0.3 is 15.0 Å². The Bertz CT molecular complexity index is 1360. The van der Waals surface area contributed by atoms with Gasteiger partial charge in [-0.05, 0) is 54.8 Å². The van der Waals surface area contributed by atoms with E-state index in [1.165, 1.54) is 5.56 Å². The van der Waals surface area contributed by atoms with Crippen molar-refractivity contribution in [3.05, 3.63) is 64.5 Å². The number of thiazole rings is 1. The number of ether oxygens (including phenoxy) is 1. The first-order valence-electron chi connectivity index (χ1n) is 12.3. The Morgan fingerprint density at radius 1 is 1.08 bits per heavy atom. The van der Waals surface area contributed by atoms with Crippen LogP contribution < -0.4 is 10.1 Å². The van der Waals surface area contributed by atoms with Gasteiger partial charge in [0.2, 0.25) is 5.91 Å². The third-order valence-electron chi connectivity index (χ3n) is 6.37. The lowest BCUT2D eigenvalue weighted by molar-refractivity contribution is -0.129. The summed E-state index contributed by atoms with van der Waals surface area (Å²) in [6.07, 6.45) is 4.07. The molecule has 0 saturated carbocycles. The number of thiophene rings is 1. The summed E-state index contributed by atoms with van der Waals surface area (Å²) >= 11 is 3.18. The number of rotatable bonds is 8. The number of fused-ring (bicyclic) bond motifs is 2. The van der Waals surface area contributed by atoms with Gasteiger partial charge in [-0.15, -0.1) is 22.7 Å². The quantitative estimate of drug-likeness (QED) is 0.261. The number of nitrogens with one attached hydrogen (secondary N) is 1. The third-order valence-corrected chi connectivity index (χ3v) is 8.56. The van der Waals surface area contributed by atoms with Crippen LogP contribution in [0.1, 0.15) is 53.9 Å². The molecule has 0 bridgehead atoms. The van der Waals surface area contributed by atoms with E-state index in [1.807, 2.05) is 35.2 Å². The summed E-state index contributed by atoms with van der Waals surface area (Å²) in [4.78, 5) is 33.1. The third kappa shape index (κ3) is 5.15. The van der Waals surface area contributed by atoms with E-state index in [9.17, 15) is 9.59 Å². The number of unbranched alkanes of at least 4 members (excludes halogenated alkanes) is 2. The molecule has 0 spiro atoms. The number of nitrogens with zero attached hydrogens (tertiary/aromatic N) is 2. The Balaban J connectivity index is 1.42. The highest BCUT2D eigenvalue weighted by atomic mass is 32.1. The molecular weight excluding hydrogens is 490 g/mol. The van der Waals surface area contributed by atoms with Gasteiger partial charge in [0.15, 0.2) is 0 Å². The van der Waals surface area contributed by atoms with Gasteiger partial charge in [-0.3, -0.25) is 9.59 Å². The van der Waals surface area contributed by atoms with Crippen molar-refractivity contribution in [2.45, 2.75) is 46.1 Å². The highest BCUT2D eigenvalue weighted by Crippen LogP contribution is 2.45. The van der Waals surface area contributed by atoms with E-state index >= 15 is 0 Å². The van der Waals surface area contributed by atoms with Crippen LogP contribution in [0, 0.1) is 0 Å². The van der Waals surface area contributed by atoms with Crippen molar-refractivity contribution in [1.29, 1.82) is 0 Å². The summed E-state index contributed by atoms with van der Waals surface area (Å²) in [5, 5.41) is 4.84. The van der Waals surface area contributed by atoms with Crippen molar-refractivity contribution < 1.29 is 14.3 Å². The normalized spacial score (nSPS) is 13.0. The highest BCUT2D eigenvalue weighted by Gasteiger charge is 2.28. The van der Waals surface area contributed by atoms with Crippen LogP contribution >= 0.6 is 22.7 Å². The molecule has 1 aliphatic rings. The number of carbonyl (C=O) groups excluding carboxylic acids is 2. The Hall–Kier alpha value is -3.23. The van der Waals surface area contributed by atoms with Crippen molar-refractivity contribution >= 4 is 49.7 Å². The van der Waals surface area contributed by atoms with Crippen LogP contribution in [0.5, 0.6) is 5.75 Å². The van der Waals surface area contributed by atoms with Crippen molar-refractivity contribution in [2.75, 3.05) is 18.5 Å². The first kappa shape index (κ1) is 24.5. The molecule has 4 aromatic rings. The largest absolute Gasteiger partial charge is 0.494 e. The molecule has 6 nitrogen and oxygen atoms in total. The smallest absolute Gasteiger partial charge is 0.256 e. The minimum absolute atomic E-state index is 0.0678. The molecule has 186 valence electrons. The maximum absolute atomic E-state index is 13.2. The Morgan fingerprint density at radius 2 is 1.89 bits per heavy atom. The molecule has 0 radical (unpaired) electrons. The molecule has 0 fully saturated rings. The Kier molecular flexibility index (Phi) is 7.34. The number of anilines is 1. The molecule has 8 heteroatoms. The summed E-state index contributed by atoms with van der Waals surface area (Å²) in [7, 11) is 0. The second-order valence-electron chi connectivity index (χ2n) is 8.92. The van der Waals surface area contributed by atoms with E-state index in [0.717, 1.165) is 62.1 Å². The van der Waals surface area contributed by atoms with Crippen LogP contribution in [0.3, 0.4) is 0 Å². The first-order valence-corrected chi connectivity index (χ1v) is 14.0. The molecule has 5 rings (SSSR count). The van der Waals surface area contributed by atoms with Gasteiger partial charge in [-0.25, -0.2) is 4.98 Å². The number of amides is 2. The summed E-state index contributed by atoms with van der Waals surface area (Å²) in [5.74, 6) is 0.670. The van der Waals surface area contributed by atoms with Gasteiger partial charge in [0.05, 0.1) is 23.4 Å². The second kappa shape index (κ2) is 10.8. The van der Waals surface area contributed by atoms with Crippen molar-refractivity contribution in [3.8, 4) is 16.3 Å². The topological polar surface area (TPSA) is 71.5 Å². The molecule has 0 atom stereocenters. The van der Waals surface area contributed by atoms with Gasteiger partial charge >= 0.3 is 0 Å². The fourth-order valence-electron chi connectivity index (χ4n) is 4.39. The molecule has 36 heavy (non-hydrogen) atoms. The zero-order valence-corrected chi connectivity index (χ0v) is 22.1. The van der Waals surface area contributed by atoms with Crippen molar-refractivity contribution in [2.24, 2.45) is 0 Å². The lowest BCUT2D eigenvalue weighted by atomic mass is 10.0. The summed E-state index contributed by atoms with van der Waals surface area (Å²) in [5.41, 5.74) is 3.69. The number of hydrogen-bond donors (Lipinski definition) is 1. The standard InChI is InChI=1S/C28H29N3O3S2/c1-3-4-7-16-34-20-12-10-19(11-13-20)26(33)30-28-25(27-29-22-8-5-6-9-23(22)35-27)21-14-15-31(18(2)32)17-24(21)36-28/h5-6,8-13H,3-4,7,14-17H2,1-2H3,(H,30,33). The van der Waals surface area contributed by atoms with E-state index in [4.69, 9.17) is 9.72 Å². The molecule has 1 N–H and O–H groups in total. The average molecular weight is 520 g/mol.